The highest BCUT2D eigenvalue weighted by Gasteiger charge is 2.14. The summed E-state index contributed by atoms with van der Waals surface area (Å²) in [4.78, 5) is 19.5. The van der Waals surface area contributed by atoms with Crippen LogP contribution in [0.3, 0.4) is 0 Å². The third-order valence-electron chi connectivity index (χ3n) is 9.23. The van der Waals surface area contributed by atoms with Crippen molar-refractivity contribution in [1.82, 2.24) is 19.9 Å². The first kappa shape index (κ1) is 29.4. The van der Waals surface area contributed by atoms with Crippen LogP contribution in [0.25, 0.3) is 89.1 Å². The Bertz CT molecular complexity index is 2510. The SMILES string of the molecule is c1ccc(-c2ccc(-c3nc(-c4ccc(-c5ccccc5)cc4)nc(-c4cccc(-c5ccc6c(ccc7ccncc76)c5)c4)n3)cc2)cc1. The van der Waals surface area contributed by atoms with Crippen LogP contribution in [0.15, 0.2) is 182 Å². The summed E-state index contributed by atoms with van der Waals surface area (Å²) in [6.07, 6.45) is 3.78. The van der Waals surface area contributed by atoms with Gasteiger partial charge in [0.15, 0.2) is 17.5 Å². The zero-order valence-corrected chi connectivity index (χ0v) is 27.1. The molecule has 0 unspecified atom stereocenters. The molecule has 0 radical (unpaired) electrons. The maximum absolute atomic E-state index is 5.06. The van der Waals surface area contributed by atoms with Crippen molar-refractivity contribution in [1.29, 1.82) is 0 Å². The Labute approximate surface area is 290 Å². The lowest BCUT2D eigenvalue weighted by Gasteiger charge is -2.11. The van der Waals surface area contributed by atoms with Gasteiger partial charge in [0.1, 0.15) is 0 Å². The number of nitrogens with zero attached hydrogens (tertiary/aromatic N) is 4. The molecule has 4 heteroatoms. The first-order valence-electron chi connectivity index (χ1n) is 16.7. The second-order valence-corrected chi connectivity index (χ2v) is 12.4. The summed E-state index contributed by atoms with van der Waals surface area (Å²) in [6.45, 7) is 0. The molecule has 9 rings (SSSR count). The Morgan fingerprint density at radius 2 is 0.740 bits per heavy atom. The van der Waals surface area contributed by atoms with Gasteiger partial charge in [-0.2, -0.15) is 0 Å². The summed E-state index contributed by atoms with van der Waals surface area (Å²) >= 11 is 0. The van der Waals surface area contributed by atoms with Gasteiger partial charge in [-0.05, 0) is 67.7 Å². The minimum absolute atomic E-state index is 0.629. The number of fused-ring (bicyclic) bond motifs is 3. The first-order chi connectivity index (χ1) is 24.7. The van der Waals surface area contributed by atoms with E-state index in [4.69, 9.17) is 15.0 Å². The topological polar surface area (TPSA) is 51.6 Å². The molecule has 0 atom stereocenters. The lowest BCUT2D eigenvalue weighted by molar-refractivity contribution is 1.07. The number of hydrogen-bond donors (Lipinski definition) is 0. The lowest BCUT2D eigenvalue weighted by atomic mass is 9.97. The van der Waals surface area contributed by atoms with E-state index in [1.165, 1.54) is 27.3 Å². The van der Waals surface area contributed by atoms with Crippen molar-refractivity contribution in [3.8, 4) is 67.5 Å². The molecule has 0 aliphatic rings. The van der Waals surface area contributed by atoms with Gasteiger partial charge in [-0.25, -0.2) is 15.0 Å². The molecule has 9 aromatic rings. The number of aromatic nitrogens is 4. The number of rotatable bonds is 6. The average molecular weight is 639 g/mol. The van der Waals surface area contributed by atoms with Gasteiger partial charge in [0, 0.05) is 34.5 Å². The highest BCUT2D eigenvalue weighted by atomic mass is 15.0. The molecule has 0 aliphatic carbocycles. The van der Waals surface area contributed by atoms with Crippen molar-refractivity contribution in [2.75, 3.05) is 0 Å². The van der Waals surface area contributed by atoms with Crippen molar-refractivity contribution in [2.24, 2.45) is 0 Å². The number of pyridine rings is 1. The van der Waals surface area contributed by atoms with E-state index in [0.717, 1.165) is 44.3 Å². The molecule has 0 saturated carbocycles. The van der Waals surface area contributed by atoms with Gasteiger partial charge in [0.2, 0.25) is 0 Å². The zero-order chi connectivity index (χ0) is 33.3. The Kier molecular flexibility index (Phi) is 7.45. The standard InChI is InChI=1S/C46H30N4/c1-3-8-31(9-4-1)33-14-19-36(20-15-33)44-48-45(37-21-16-34(17-22-37)32-10-5-2-6-11-32)50-46(49-44)41-13-7-12-38(29-41)39-24-25-42-40(28-39)23-18-35-26-27-47-30-43(35)42/h1-30H. The average Bonchev–Trinajstić information content (AvgIpc) is 3.21. The van der Waals surface area contributed by atoms with Gasteiger partial charge in [-0.1, -0.05) is 152 Å². The van der Waals surface area contributed by atoms with Crippen LogP contribution in [0.1, 0.15) is 0 Å². The van der Waals surface area contributed by atoms with Gasteiger partial charge >= 0.3 is 0 Å². The van der Waals surface area contributed by atoms with Gasteiger partial charge in [0.25, 0.3) is 0 Å². The molecule has 4 nitrogen and oxygen atoms in total. The monoisotopic (exact) mass is 638 g/mol. The van der Waals surface area contributed by atoms with Gasteiger partial charge in [-0.3, -0.25) is 4.98 Å². The molecule has 2 aromatic heterocycles. The molecular weight excluding hydrogens is 609 g/mol. The second kappa shape index (κ2) is 12.7. The highest BCUT2D eigenvalue weighted by Crippen LogP contribution is 2.33. The van der Waals surface area contributed by atoms with E-state index < -0.39 is 0 Å². The first-order valence-corrected chi connectivity index (χ1v) is 16.7. The molecule has 234 valence electrons. The molecular formula is C46H30N4. The normalized spacial score (nSPS) is 11.2. The Morgan fingerprint density at radius 3 is 1.36 bits per heavy atom. The maximum Gasteiger partial charge on any atom is 0.164 e. The lowest BCUT2D eigenvalue weighted by Crippen LogP contribution is -2.00. The quantitative estimate of drug-likeness (QED) is 0.170. The van der Waals surface area contributed by atoms with E-state index in [-0.39, 0.29) is 0 Å². The fourth-order valence-electron chi connectivity index (χ4n) is 6.57. The van der Waals surface area contributed by atoms with Crippen LogP contribution in [0.5, 0.6) is 0 Å². The van der Waals surface area contributed by atoms with Crippen molar-refractivity contribution >= 4 is 21.5 Å². The summed E-state index contributed by atoms with van der Waals surface area (Å²) in [5, 5.41) is 4.71. The smallest absolute Gasteiger partial charge is 0.164 e. The van der Waals surface area contributed by atoms with Crippen LogP contribution in [0.2, 0.25) is 0 Å². The molecule has 0 fully saturated rings. The Balaban J connectivity index is 1.13. The predicted molar refractivity (Wildman–Crippen MR) is 205 cm³/mol. The van der Waals surface area contributed by atoms with Crippen LogP contribution in [0, 0.1) is 0 Å². The van der Waals surface area contributed by atoms with Gasteiger partial charge < -0.3 is 0 Å². The molecule has 0 N–H and O–H groups in total. The molecule has 0 bridgehead atoms. The third-order valence-corrected chi connectivity index (χ3v) is 9.23. The van der Waals surface area contributed by atoms with E-state index in [9.17, 15) is 0 Å². The zero-order valence-electron chi connectivity index (χ0n) is 27.1. The number of hydrogen-bond acceptors (Lipinski definition) is 4. The summed E-state index contributed by atoms with van der Waals surface area (Å²) < 4.78 is 0. The fourth-order valence-corrected chi connectivity index (χ4v) is 6.57. The van der Waals surface area contributed by atoms with E-state index in [0.29, 0.717) is 17.5 Å². The molecule has 0 saturated heterocycles. The number of benzene rings is 7. The molecule has 50 heavy (non-hydrogen) atoms. The van der Waals surface area contributed by atoms with Crippen molar-refractivity contribution in [2.45, 2.75) is 0 Å². The van der Waals surface area contributed by atoms with Crippen LogP contribution in [-0.2, 0) is 0 Å². The molecule has 0 aliphatic heterocycles. The summed E-state index contributed by atoms with van der Waals surface area (Å²) in [5.74, 6) is 1.89. The second-order valence-electron chi connectivity index (χ2n) is 12.4. The van der Waals surface area contributed by atoms with Crippen molar-refractivity contribution < 1.29 is 0 Å². The van der Waals surface area contributed by atoms with Crippen LogP contribution in [-0.4, -0.2) is 19.9 Å². The maximum atomic E-state index is 5.06. The van der Waals surface area contributed by atoms with Crippen LogP contribution < -0.4 is 0 Å². The Hall–Kier alpha value is -6.78. The Morgan fingerprint density at radius 1 is 0.280 bits per heavy atom. The minimum Gasteiger partial charge on any atom is -0.264 e. The highest BCUT2D eigenvalue weighted by molar-refractivity contribution is 6.08. The fraction of sp³-hybridized carbons (Fsp3) is 0. The van der Waals surface area contributed by atoms with Crippen molar-refractivity contribution in [3.05, 3.63) is 182 Å². The van der Waals surface area contributed by atoms with E-state index in [2.05, 4.69) is 163 Å². The van der Waals surface area contributed by atoms with E-state index in [1.54, 1.807) is 0 Å². The van der Waals surface area contributed by atoms with E-state index in [1.807, 2.05) is 24.5 Å². The predicted octanol–water partition coefficient (Wildman–Crippen LogP) is 11.6. The van der Waals surface area contributed by atoms with E-state index >= 15 is 0 Å². The van der Waals surface area contributed by atoms with Crippen molar-refractivity contribution in [3.63, 3.8) is 0 Å². The third kappa shape index (κ3) is 5.69. The molecule has 2 heterocycles. The molecule has 7 aromatic carbocycles. The summed E-state index contributed by atoms with van der Waals surface area (Å²) in [7, 11) is 0. The van der Waals surface area contributed by atoms with Gasteiger partial charge in [0.05, 0.1) is 0 Å². The van der Waals surface area contributed by atoms with Gasteiger partial charge in [-0.15, -0.1) is 0 Å². The summed E-state index contributed by atoms with van der Waals surface area (Å²) in [6, 6.07) is 59.1. The molecule has 0 amide bonds. The van der Waals surface area contributed by atoms with Crippen LogP contribution >= 0.6 is 0 Å². The largest absolute Gasteiger partial charge is 0.264 e. The minimum atomic E-state index is 0.629. The summed E-state index contributed by atoms with van der Waals surface area (Å²) in [5.41, 5.74) is 9.65. The van der Waals surface area contributed by atoms with Crippen LogP contribution in [0.4, 0.5) is 0 Å². The molecule has 0 spiro atoms.